The number of carbonyl (C=O) groups excluding carboxylic acids is 3. The molecular weight excluding hydrogens is 436 g/mol. The number of thiophene rings is 1. The number of Topliss-reactive ketones (excluding diaryl/α,β-unsaturated/α-hetero) is 1. The van der Waals surface area contributed by atoms with E-state index in [9.17, 15) is 14.4 Å². The highest BCUT2D eigenvalue weighted by Crippen LogP contribution is 2.41. The molecule has 2 aromatic rings. The number of nitrogens with zero attached hydrogens (tertiary/aromatic N) is 2. The quantitative estimate of drug-likeness (QED) is 0.635. The number of likely N-dealkylation sites (tertiary alicyclic amines) is 2. The van der Waals surface area contributed by atoms with E-state index in [2.05, 4.69) is 0 Å². The molecule has 31 heavy (non-hydrogen) atoms. The molecule has 0 atom stereocenters. The van der Waals surface area contributed by atoms with Crippen LogP contribution >= 0.6 is 22.9 Å². The van der Waals surface area contributed by atoms with E-state index in [0.717, 1.165) is 19.3 Å². The summed E-state index contributed by atoms with van der Waals surface area (Å²) in [5.41, 5.74) is 0.525. The second-order valence-electron chi connectivity index (χ2n) is 8.33. The minimum atomic E-state index is -0.0647. The first-order chi connectivity index (χ1) is 14.8. The van der Waals surface area contributed by atoms with E-state index in [0.29, 0.717) is 52.3 Å². The van der Waals surface area contributed by atoms with Gasteiger partial charge < -0.3 is 14.5 Å². The van der Waals surface area contributed by atoms with Gasteiger partial charge in [-0.25, -0.2) is 0 Å². The van der Waals surface area contributed by atoms with Crippen molar-refractivity contribution in [3.63, 3.8) is 0 Å². The van der Waals surface area contributed by atoms with Crippen molar-refractivity contribution in [1.29, 1.82) is 0 Å². The number of ether oxygens (including phenoxy) is 1. The highest BCUT2D eigenvalue weighted by molar-refractivity contribution is 7.15. The Hall–Kier alpha value is -2.38. The molecule has 8 heteroatoms. The molecule has 1 spiro atoms. The summed E-state index contributed by atoms with van der Waals surface area (Å²) in [6, 6.07) is 8.54. The van der Waals surface area contributed by atoms with Gasteiger partial charge in [-0.1, -0.05) is 11.6 Å². The number of carbonyl (C=O) groups is 3. The zero-order valence-electron chi connectivity index (χ0n) is 17.7. The maximum atomic E-state index is 13.1. The Bertz CT molecular complexity index is 1030. The Morgan fingerprint density at radius 1 is 0.968 bits per heavy atom. The molecule has 0 saturated carbocycles. The van der Waals surface area contributed by atoms with Crippen LogP contribution in [0, 0.1) is 5.41 Å². The van der Waals surface area contributed by atoms with Crippen LogP contribution in [-0.2, 0) is 0 Å². The third-order valence-corrected chi connectivity index (χ3v) is 7.80. The lowest BCUT2D eigenvalue weighted by Gasteiger charge is -2.39. The zero-order valence-corrected chi connectivity index (χ0v) is 19.2. The Kier molecular flexibility index (Phi) is 6.08. The monoisotopic (exact) mass is 460 g/mol. The Balaban J connectivity index is 1.39. The molecule has 164 valence electrons. The molecule has 2 aliphatic heterocycles. The first-order valence-electron chi connectivity index (χ1n) is 10.3. The molecule has 0 unspecified atom stereocenters. The number of rotatable bonds is 4. The van der Waals surface area contributed by atoms with Crippen molar-refractivity contribution in [3.05, 3.63) is 50.7 Å². The van der Waals surface area contributed by atoms with Gasteiger partial charge in [-0.15, -0.1) is 11.3 Å². The summed E-state index contributed by atoms with van der Waals surface area (Å²) in [7, 11) is 1.55. The van der Waals surface area contributed by atoms with E-state index in [1.54, 1.807) is 37.4 Å². The van der Waals surface area contributed by atoms with Crippen molar-refractivity contribution < 1.29 is 19.1 Å². The van der Waals surface area contributed by atoms with Gasteiger partial charge in [0.2, 0.25) is 0 Å². The van der Waals surface area contributed by atoms with Gasteiger partial charge in [0.1, 0.15) is 5.75 Å². The fraction of sp³-hybridized carbons (Fsp3) is 0.435. The van der Waals surface area contributed by atoms with E-state index in [1.165, 1.54) is 18.3 Å². The predicted molar refractivity (Wildman–Crippen MR) is 120 cm³/mol. The molecular formula is C23H25ClN2O4S. The molecule has 0 aliphatic carbocycles. The van der Waals surface area contributed by atoms with Crippen LogP contribution in [0.15, 0.2) is 30.3 Å². The topological polar surface area (TPSA) is 66.9 Å². The fourth-order valence-electron chi connectivity index (χ4n) is 4.52. The maximum Gasteiger partial charge on any atom is 0.263 e. The van der Waals surface area contributed by atoms with Crippen molar-refractivity contribution in [3.8, 4) is 5.75 Å². The van der Waals surface area contributed by atoms with Crippen LogP contribution in [0.1, 0.15) is 55.9 Å². The summed E-state index contributed by atoms with van der Waals surface area (Å²) in [5.74, 6) is 0.428. The number of ketones is 1. The highest BCUT2D eigenvalue weighted by atomic mass is 35.5. The summed E-state index contributed by atoms with van der Waals surface area (Å²) in [4.78, 5) is 42.4. The summed E-state index contributed by atoms with van der Waals surface area (Å²) >= 11 is 7.36. The minimum absolute atomic E-state index is 0.0121. The van der Waals surface area contributed by atoms with Crippen LogP contribution in [0.3, 0.4) is 0 Å². The van der Waals surface area contributed by atoms with Gasteiger partial charge in [-0.2, -0.15) is 0 Å². The van der Waals surface area contributed by atoms with E-state index in [1.807, 2.05) is 9.80 Å². The van der Waals surface area contributed by atoms with Crippen LogP contribution < -0.4 is 4.74 Å². The van der Waals surface area contributed by atoms with E-state index in [-0.39, 0.29) is 23.0 Å². The number of halogens is 1. The average molecular weight is 461 g/mol. The van der Waals surface area contributed by atoms with Gasteiger partial charge in [0.15, 0.2) is 5.78 Å². The van der Waals surface area contributed by atoms with Crippen LogP contribution in [0.25, 0.3) is 0 Å². The second kappa shape index (κ2) is 8.63. The summed E-state index contributed by atoms with van der Waals surface area (Å²) < 4.78 is 5.35. The van der Waals surface area contributed by atoms with Crippen molar-refractivity contribution in [2.45, 2.75) is 26.2 Å². The largest absolute Gasteiger partial charge is 0.496 e. The van der Waals surface area contributed by atoms with Crippen LogP contribution in [0.2, 0.25) is 5.02 Å². The number of piperidine rings is 1. The molecule has 6 nitrogen and oxygen atoms in total. The van der Waals surface area contributed by atoms with E-state index < -0.39 is 0 Å². The third kappa shape index (κ3) is 4.34. The van der Waals surface area contributed by atoms with E-state index in [4.69, 9.17) is 16.3 Å². The minimum Gasteiger partial charge on any atom is -0.496 e. The van der Waals surface area contributed by atoms with Crippen molar-refractivity contribution in [2.24, 2.45) is 5.41 Å². The van der Waals surface area contributed by atoms with Crippen molar-refractivity contribution >= 4 is 40.5 Å². The number of benzene rings is 1. The fourth-order valence-corrected chi connectivity index (χ4v) is 5.56. The molecule has 0 bridgehead atoms. The van der Waals surface area contributed by atoms with Crippen molar-refractivity contribution in [2.75, 3.05) is 33.3 Å². The first kappa shape index (κ1) is 21.8. The smallest absolute Gasteiger partial charge is 0.263 e. The predicted octanol–water partition coefficient (Wildman–Crippen LogP) is 4.38. The molecule has 3 heterocycles. The molecule has 1 aromatic heterocycles. The van der Waals surface area contributed by atoms with E-state index >= 15 is 0 Å². The Morgan fingerprint density at radius 3 is 2.23 bits per heavy atom. The maximum absolute atomic E-state index is 13.1. The summed E-state index contributed by atoms with van der Waals surface area (Å²) in [6.07, 6.45) is 2.65. The molecule has 2 fully saturated rings. The first-order valence-corrected chi connectivity index (χ1v) is 11.5. The standard InChI is InChI=1S/C23H25ClN2O4S/c1-15(27)19-5-6-20(31-19)22(29)25-10-7-23(8-11-25)9-12-26(14-23)21(28)17-13-16(24)3-4-18(17)30-2/h3-6,13H,7-12,14H2,1-2H3. The molecule has 2 amide bonds. The number of hydrogen-bond donors (Lipinski definition) is 0. The van der Waals surface area contributed by atoms with Gasteiger partial charge in [-0.05, 0) is 61.9 Å². The van der Waals surface area contributed by atoms with Gasteiger partial charge >= 0.3 is 0 Å². The molecule has 0 radical (unpaired) electrons. The lowest BCUT2D eigenvalue weighted by atomic mass is 9.77. The number of methoxy groups -OCH3 is 1. The molecule has 4 rings (SSSR count). The van der Waals surface area contributed by atoms with Gasteiger partial charge in [0.05, 0.1) is 22.4 Å². The normalized spacial score (nSPS) is 17.8. The molecule has 0 N–H and O–H groups in total. The molecule has 2 aliphatic rings. The van der Waals surface area contributed by atoms with Gasteiger partial charge in [0.25, 0.3) is 11.8 Å². The Morgan fingerprint density at radius 2 is 1.61 bits per heavy atom. The van der Waals surface area contributed by atoms with Gasteiger partial charge in [-0.3, -0.25) is 14.4 Å². The second-order valence-corrected chi connectivity index (χ2v) is 9.85. The van der Waals surface area contributed by atoms with Crippen LogP contribution in [-0.4, -0.2) is 60.7 Å². The average Bonchev–Trinajstić information content (AvgIpc) is 3.42. The van der Waals surface area contributed by atoms with Crippen LogP contribution in [0.5, 0.6) is 5.75 Å². The third-order valence-electron chi connectivity index (χ3n) is 6.39. The SMILES string of the molecule is COc1ccc(Cl)cc1C(=O)N1CCC2(CCN(C(=O)c3ccc(C(C)=O)s3)CC2)C1. The van der Waals surface area contributed by atoms with Gasteiger partial charge in [0, 0.05) is 31.2 Å². The highest BCUT2D eigenvalue weighted by Gasteiger charge is 2.43. The number of amides is 2. The number of hydrogen-bond acceptors (Lipinski definition) is 5. The van der Waals surface area contributed by atoms with Crippen LogP contribution in [0.4, 0.5) is 0 Å². The molecule has 2 saturated heterocycles. The lowest BCUT2D eigenvalue weighted by molar-refractivity contribution is 0.0568. The summed E-state index contributed by atoms with van der Waals surface area (Å²) in [6.45, 7) is 4.20. The van der Waals surface area contributed by atoms with Crippen molar-refractivity contribution in [1.82, 2.24) is 9.80 Å². The molecule has 1 aromatic carbocycles. The summed E-state index contributed by atoms with van der Waals surface area (Å²) in [5, 5.41) is 0.506. The zero-order chi connectivity index (χ0) is 22.2. The lowest BCUT2D eigenvalue weighted by Crippen LogP contribution is -2.44. The Labute approximate surface area is 190 Å².